The maximum absolute atomic E-state index is 13.4. The van der Waals surface area contributed by atoms with E-state index in [0.717, 1.165) is 32.5 Å². The Morgan fingerprint density at radius 3 is 2.53 bits per heavy atom. The molecule has 1 unspecified atom stereocenters. The van der Waals surface area contributed by atoms with E-state index in [4.69, 9.17) is 0 Å². The molecule has 154 valence electrons. The largest absolute Gasteiger partial charge is 0.265 e. The van der Waals surface area contributed by atoms with Crippen molar-refractivity contribution in [1.29, 1.82) is 0 Å². The SMILES string of the molecule is Cc1ccc(S(=O)(=O)N2CC(C)(CI)c3cc(/C=C/c4ccccn4)ccc32)cc1. The minimum Gasteiger partial charge on any atom is -0.265 e. The van der Waals surface area contributed by atoms with Gasteiger partial charge in [0.15, 0.2) is 0 Å². The molecule has 2 heterocycles. The van der Waals surface area contributed by atoms with Crippen LogP contribution in [-0.4, -0.2) is 24.4 Å². The van der Waals surface area contributed by atoms with Gasteiger partial charge in [-0.15, -0.1) is 0 Å². The van der Waals surface area contributed by atoms with Crippen molar-refractivity contribution in [3.63, 3.8) is 0 Å². The molecule has 0 N–H and O–H groups in total. The Morgan fingerprint density at radius 1 is 1.10 bits per heavy atom. The summed E-state index contributed by atoms with van der Waals surface area (Å²) in [5.41, 5.74) is 4.55. The Bertz CT molecular complexity index is 1190. The lowest BCUT2D eigenvalue weighted by Gasteiger charge is -2.24. The summed E-state index contributed by atoms with van der Waals surface area (Å²) in [6, 6.07) is 18.9. The third kappa shape index (κ3) is 3.90. The molecule has 0 saturated heterocycles. The highest BCUT2D eigenvalue weighted by Gasteiger charge is 2.43. The Hall–Kier alpha value is -2.19. The predicted octanol–water partition coefficient (Wildman–Crippen LogP) is 5.46. The normalized spacial score (nSPS) is 18.7. The fourth-order valence-electron chi connectivity index (χ4n) is 3.67. The lowest BCUT2D eigenvalue weighted by Crippen LogP contribution is -2.36. The number of benzene rings is 2. The van der Waals surface area contributed by atoms with Crippen LogP contribution in [0.1, 0.15) is 29.3 Å². The molecular weight excluding hydrogens is 507 g/mol. The van der Waals surface area contributed by atoms with Gasteiger partial charge >= 0.3 is 0 Å². The molecule has 0 amide bonds. The zero-order valence-electron chi connectivity index (χ0n) is 16.9. The maximum atomic E-state index is 13.4. The van der Waals surface area contributed by atoms with Gasteiger partial charge in [-0.1, -0.05) is 65.4 Å². The number of sulfonamides is 1. The quantitative estimate of drug-likeness (QED) is 0.325. The molecule has 1 aliphatic rings. The van der Waals surface area contributed by atoms with Gasteiger partial charge < -0.3 is 0 Å². The van der Waals surface area contributed by atoms with E-state index in [-0.39, 0.29) is 5.41 Å². The summed E-state index contributed by atoms with van der Waals surface area (Å²) in [5, 5.41) is 0. The minimum atomic E-state index is -3.62. The lowest BCUT2D eigenvalue weighted by atomic mass is 9.86. The third-order valence-electron chi connectivity index (χ3n) is 5.47. The molecule has 6 heteroatoms. The summed E-state index contributed by atoms with van der Waals surface area (Å²) in [7, 11) is -3.62. The smallest absolute Gasteiger partial charge is 0.264 e. The number of fused-ring (bicyclic) bond motifs is 1. The molecular formula is C24H23IN2O2S. The van der Waals surface area contributed by atoms with Gasteiger partial charge in [-0.25, -0.2) is 8.42 Å². The summed E-state index contributed by atoms with van der Waals surface area (Å²) < 4.78 is 29.2. The van der Waals surface area contributed by atoms with Crippen LogP contribution in [0.3, 0.4) is 0 Å². The van der Waals surface area contributed by atoms with E-state index in [9.17, 15) is 8.42 Å². The van der Waals surface area contributed by atoms with Crippen molar-refractivity contribution in [1.82, 2.24) is 4.98 Å². The Balaban J connectivity index is 1.73. The van der Waals surface area contributed by atoms with E-state index < -0.39 is 10.0 Å². The molecule has 2 aromatic carbocycles. The topological polar surface area (TPSA) is 50.3 Å². The molecule has 0 bridgehead atoms. The van der Waals surface area contributed by atoms with Gasteiger partial charge in [0.1, 0.15) is 0 Å². The highest BCUT2D eigenvalue weighted by molar-refractivity contribution is 14.1. The van der Waals surface area contributed by atoms with Crippen LogP contribution in [0.5, 0.6) is 0 Å². The summed E-state index contributed by atoms with van der Waals surface area (Å²) in [5.74, 6) is 0. The number of pyridine rings is 1. The van der Waals surface area contributed by atoms with Crippen molar-refractivity contribution >= 4 is 50.5 Å². The minimum absolute atomic E-state index is 0.248. The number of hydrogen-bond donors (Lipinski definition) is 0. The second kappa shape index (κ2) is 8.15. The van der Waals surface area contributed by atoms with Crippen LogP contribution in [0.15, 0.2) is 71.8 Å². The number of aromatic nitrogens is 1. The van der Waals surface area contributed by atoms with Crippen LogP contribution in [0.2, 0.25) is 0 Å². The van der Waals surface area contributed by atoms with Gasteiger partial charge in [-0.2, -0.15) is 0 Å². The highest BCUT2D eigenvalue weighted by Crippen LogP contribution is 2.45. The molecule has 0 aliphatic carbocycles. The molecule has 0 fully saturated rings. The number of nitrogens with zero attached hydrogens (tertiary/aromatic N) is 2. The molecule has 1 aromatic heterocycles. The third-order valence-corrected chi connectivity index (χ3v) is 8.93. The molecule has 3 aromatic rings. The molecule has 1 atom stereocenters. The zero-order chi connectivity index (χ0) is 21.4. The predicted molar refractivity (Wildman–Crippen MR) is 132 cm³/mol. The van der Waals surface area contributed by atoms with Gasteiger partial charge in [0.25, 0.3) is 10.0 Å². The molecule has 30 heavy (non-hydrogen) atoms. The molecule has 4 rings (SSSR count). The molecule has 0 spiro atoms. The summed E-state index contributed by atoms with van der Waals surface area (Å²) >= 11 is 2.35. The first-order chi connectivity index (χ1) is 14.3. The van der Waals surface area contributed by atoms with Crippen LogP contribution < -0.4 is 4.31 Å². The fraction of sp³-hybridized carbons (Fsp3) is 0.208. The average molecular weight is 530 g/mol. The molecule has 1 aliphatic heterocycles. The Kier molecular flexibility index (Phi) is 5.72. The van der Waals surface area contributed by atoms with Crippen molar-refractivity contribution in [2.24, 2.45) is 0 Å². The standard InChI is InChI=1S/C24H23IN2O2S/c1-18-6-11-21(12-7-18)30(28,29)27-17-24(2,16-25)22-15-19(9-13-23(22)27)8-10-20-5-3-4-14-26-20/h3-15H,16-17H2,1-2H3/b10-8+. The van der Waals surface area contributed by atoms with Crippen molar-refractivity contribution in [2.75, 3.05) is 15.3 Å². The molecule has 4 nitrogen and oxygen atoms in total. The van der Waals surface area contributed by atoms with Crippen molar-refractivity contribution < 1.29 is 8.42 Å². The van der Waals surface area contributed by atoms with E-state index in [0.29, 0.717) is 11.4 Å². The first-order valence-corrected chi connectivity index (χ1v) is 12.7. The molecule has 0 saturated carbocycles. The van der Waals surface area contributed by atoms with Crippen LogP contribution in [0.25, 0.3) is 12.2 Å². The van der Waals surface area contributed by atoms with Crippen LogP contribution >= 0.6 is 22.6 Å². The first kappa shape index (κ1) is 21.1. The van der Waals surface area contributed by atoms with Crippen molar-refractivity contribution in [2.45, 2.75) is 24.2 Å². The van der Waals surface area contributed by atoms with Gasteiger partial charge in [0.05, 0.1) is 16.3 Å². The van der Waals surface area contributed by atoms with E-state index >= 15 is 0 Å². The number of alkyl halides is 1. The Labute approximate surface area is 191 Å². The monoisotopic (exact) mass is 530 g/mol. The van der Waals surface area contributed by atoms with Crippen molar-refractivity contribution in [3.05, 3.63) is 89.2 Å². The van der Waals surface area contributed by atoms with Crippen LogP contribution in [0, 0.1) is 6.92 Å². The number of rotatable bonds is 5. The van der Waals surface area contributed by atoms with Gasteiger partial charge in [-0.3, -0.25) is 9.29 Å². The number of halogens is 1. The summed E-state index contributed by atoms with van der Waals surface area (Å²) in [4.78, 5) is 4.65. The second-order valence-corrected chi connectivity index (χ2v) is 10.5. The highest BCUT2D eigenvalue weighted by atomic mass is 127. The second-order valence-electron chi connectivity index (χ2n) is 7.88. The Morgan fingerprint density at radius 2 is 1.87 bits per heavy atom. The van der Waals surface area contributed by atoms with Crippen molar-refractivity contribution in [3.8, 4) is 0 Å². The van der Waals surface area contributed by atoms with Crippen LogP contribution in [0.4, 0.5) is 5.69 Å². The van der Waals surface area contributed by atoms with Gasteiger partial charge in [0, 0.05) is 22.6 Å². The fourth-order valence-corrected chi connectivity index (χ4v) is 5.93. The van der Waals surface area contributed by atoms with Crippen LogP contribution in [-0.2, 0) is 15.4 Å². The maximum Gasteiger partial charge on any atom is 0.264 e. The summed E-state index contributed by atoms with van der Waals surface area (Å²) in [6.07, 6.45) is 5.76. The van der Waals surface area contributed by atoms with E-state index in [2.05, 4.69) is 40.6 Å². The van der Waals surface area contributed by atoms with Gasteiger partial charge in [-0.05, 0) is 60.5 Å². The molecule has 0 radical (unpaired) electrons. The van der Waals surface area contributed by atoms with Gasteiger partial charge in [0.2, 0.25) is 0 Å². The van der Waals surface area contributed by atoms with E-state index in [1.54, 1.807) is 22.6 Å². The average Bonchev–Trinajstić information content (AvgIpc) is 3.07. The number of anilines is 1. The number of hydrogen-bond acceptors (Lipinski definition) is 3. The summed E-state index contributed by atoms with van der Waals surface area (Å²) in [6.45, 7) is 4.53. The number of aryl methyl sites for hydroxylation is 1. The zero-order valence-corrected chi connectivity index (χ0v) is 19.9. The van der Waals surface area contributed by atoms with E-state index in [1.807, 2.05) is 61.5 Å². The lowest BCUT2D eigenvalue weighted by molar-refractivity contribution is 0.565. The van der Waals surface area contributed by atoms with E-state index in [1.165, 1.54) is 0 Å². The first-order valence-electron chi connectivity index (χ1n) is 9.72.